The highest BCUT2D eigenvalue weighted by molar-refractivity contribution is 8.13. The fourth-order valence-corrected chi connectivity index (χ4v) is 4.84. The molecule has 0 fully saturated rings. The van der Waals surface area contributed by atoms with Gasteiger partial charge >= 0.3 is 0 Å². The summed E-state index contributed by atoms with van der Waals surface area (Å²) >= 11 is 2.28. The van der Waals surface area contributed by atoms with E-state index in [1.165, 1.54) is 4.80 Å². The van der Waals surface area contributed by atoms with E-state index in [0.29, 0.717) is 41.3 Å². The number of hydrogen-bond donors (Lipinski definition) is 0. The molecule has 36 heavy (non-hydrogen) atoms. The molecule has 0 atom stereocenters. The minimum absolute atomic E-state index is 0.0796. The van der Waals surface area contributed by atoms with Crippen molar-refractivity contribution in [3.8, 4) is 11.5 Å². The molecule has 0 amide bonds. The van der Waals surface area contributed by atoms with Crippen LogP contribution in [0.2, 0.25) is 0 Å². The number of carbonyl (C=O) groups excluding carboxylic acids is 2. The molecule has 0 aliphatic heterocycles. The van der Waals surface area contributed by atoms with E-state index in [4.69, 9.17) is 9.47 Å². The van der Waals surface area contributed by atoms with E-state index in [9.17, 15) is 9.59 Å². The lowest BCUT2D eigenvalue weighted by molar-refractivity contribution is 0.107. The fraction of sp³-hybridized carbons (Fsp3) is 0.346. The molecule has 0 bridgehead atoms. The first kappa shape index (κ1) is 27.5. The Morgan fingerprint density at radius 2 is 1.42 bits per heavy atom. The summed E-state index contributed by atoms with van der Waals surface area (Å²) in [4.78, 5) is 26.9. The SMILES string of the molecule is COc1c(C)cc(C(=CCCc2nnn(C)n2)c2cc(C)c(OC)c(C(=O)SC)c2)cc1C(=O)SC. The summed E-state index contributed by atoms with van der Waals surface area (Å²) in [7, 11) is 4.86. The van der Waals surface area contributed by atoms with Crippen LogP contribution in [-0.2, 0) is 13.5 Å². The molecule has 1 heterocycles. The summed E-state index contributed by atoms with van der Waals surface area (Å²) in [5.74, 6) is 1.76. The lowest BCUT2D eigenvalue weighted by atomic mass is 9.91. The zero-order chi connectivity index (χ0) is 26.4. The Labute approximate surface area is 219 Å². The fourth-order valence-electron chi connectivity index (χ4n) is 4.10. The predicted molar refractivity (Wildman–Crippen MR) is 145 cm³/mol. The van der Waals surface area contributed by atoms with Crippen molar-refractivity contribution in [2.45, 2.75) is 26.7 Å². The molecule has 190 valence electrons. The molecule has 1 aromatic heterocycles. The molecule has 0 aliphatic rings. The van der Waals surface area contributed by atoms with Crippen molar-refractivity contribution >= 4 is 39.3 Å². The Hall–Kier alpha value is -3.11. The molecule has 0 N–H and O–H groups in total. The van der Waals surface area contributed by atoms with E-state index in [1.54, 1.807) is 33.8 Å². The van der Waals surface area contributed by atoms with Gasteiger partial charge in [-0.15, -0.1) is 10.2 Å². The van der Waals surface area contributed by atoms with Crippen LogP contribution in [0.4, 0.5) is 0 Å². The second-order valence-corrected chi connectivity index (χ2v) is 9.64. The molecule has 0 radical (unpaired) electrons. The minimum Gasteiger partial charge on any atom is -0.496 e. The third-order valence-corrected chi connectivity index (χ3v) is 6.84. The van der Waals surface area contributed by atoms with Crippen LogP contribution in [0.15, 0.2) is 30.3 Å². The largest absolute Gasteiger partial charge is 0.496 e. The highest BCUT2D eigenvalue weighted by atomic mass is 32.2. The first-order valence-electron chi connectivity index (χ1n) is 11.2. The van der Waals surface area contributed by atoms with Crippen LogP contribution < -0.4 is 9.47 Å². The molecule has 0 spiro atoms. The zero-order valence-electron chi connectivity index (χ0n) is 21.5. The Morgan fingerprint density at radius 3 is 1.81 bits per heavy atom. The molecule has 0 saturated heterocycles. The topological polar surface area (TPSA) is 96.2 Å². The van der Waals surface area contributed by atoms with Gasteiger partial charge in [0.05, 0.1) is 32.4 Å². The number of nitrogens with zero attached hydrogens (tertiary/aromatic N) is 4. The highest BCUT2D eigenvalue weighted by Crippen LogP contribution is 2.36. The molecule has 0 saturated carbocycles. The number of hydrogen-bond acceptors (Lipinski definition) is 9. The van der Waals surface area contributed by atoms with Crippen molar-refractivity contribution in [2.75, 3.05) is 26.7 Å². The van der Waals surface area contributed by atoms with E-state index in [-0.39, 0.29) is 10.2 Å². The molecule has 10 heteroatoms. The van der Waals surface area contributed by atoms with E-state index in [0.717, 1.165) is 51.4 Å². The molecule has 0 unspecified atom stereocenters. The maximum Gasteiger partial charge on any atom is 0.222 e. The second-order valence-electron chi connectivity index (χ2n) is 8.08. The van der Waals surface area contributed by atoms with E-state index in [2.05, 4.69) is 21.5 Å². The van der Waals surface area contributed by atoms with Crippen LogP contribution in [0.5, 0.6) is 11.5 Å². The summed E-state index contributed by atoms with van der Waals surface area (Å²) < 4.78 is 11.1. The number of thioether (sulfide) groups is 2. The molecule has 0 aliphatic carbocycles. The van der Waals surface area contributed by atoms with Crippen molar-refractivity contribution in [1.82, 2.24) is 20.2 Å². The average Bonchev–Trinajstić information content (AvgIpc) is 3.29. The predicted octanol–water partition coefficient (Wildman–Crippen LogP) is 4.92. The Morgan fingerprint density at radius 1 is 0.917 bits per heavy atom. The van der Waals surface area contributed by atoms with Gasteiger partial charge in [-0.05, 0) is 90.1 Å². The van der Waals surface area contributed by atoms with Gasteiger partial charge in [-0.25, -0.2) is 0 Å². The average molecular weight is 527 g/mol. The van der Waals surface area contributed by atoms with Gasteiger partial charge in [0.15, 0.2) is 5.82 Å². The van der Waals surface area contributed by atoms with Gasteiger partial charge in [0.1, 0.15) is 11.5 Å². The Kier molecular flexibility index (Phi) is 9.33. The van der Waals surface area contributed by atoms with E-state index in [1.807, 2.05) is 38.1 Å². The smallest absolute Gasteiger partial charge is 0.222 e. The van der Waals surface area contributed by atoms with Crippen molar-refractivity contribution in [3.05, 3.63) is 69.5 Å². The summed E-state index contributed by atoms with van der Waals surface area (Å²) in [6, 6.07) is 7.70. The van der Waals surface area contributed by atoms with Gasteiger partial charge in [-0.3, -0.25) is 9.59 Å². The Bertz CT molecular complexity index is 1240. The number of tetrazole rings is 1. The number of allylic oxidation sites excluding steroid dienone is 1. The number of aromatic nitrogens is 4. The normalized spacial score (nSPS) is 10.8. The first-order valence-corrected chi connectivity index (χ1v) is 13.7. The van der Waals surface area contributed by atoms with E-state index < -0.39 is 0 Å². The van der Waals surface area contributed by atoms with Crippen LogP contribution in [0, 0.1) is 13.8 Å². The second kappa shape index (κ2) is 12.2. The molecular formula is C26H30N4O4S2. The van der Waals surface area contributed by atoms with Gasteiger partial charge in [0, 0.05) is 6.42 Å². The lowest BCUT2D eigenvalue weighted by Gasteiger charge is -2.18. The summed E-state index contributed by atoms with van der Waals surface area (Å²) in [5, 5.41) is 12.1. The standard InChI is InChI=1S/C26H30N4O4S2/c1-15-11-17(13-20(23(15)33-4)25(31)35-6)19(9-8-10-22-27-29-30(3)28-22)18-12-16(2)24(34-5)21(14-18)26(32)36-7/h9,11-14H,8,10H2,1-7H3. The third kappa shape index (κ3) is 5.99. The number of ether oxygens (including phenoxy) is 2. The summed E-state index contributed by atoms with van der Waals surface area (Å²) in [5.41, 5.74) is 5.30. The molecular weight excluding hydrogens is 496 g/mol. The summed E-state index contributed by atoms with van der Waals surface area (Å²) in [6.07, 6.45) is 6.81. The van der Waals surface area contributed by atoms with Crippen LogP contribution in [0.1, 0.15) is 55.2 Å². The van der Waals surface area contributed by atoms with Crippen molar-refractivity contribution in [1.29, 1.82) is 0 Å². The summed E-state index contributed by atoms with van der Waals surface area (Å²) in [6.45, 7) is 3.84. The highest BCUT2D eigenvalue weighted by Gasteiger charge is 2.21. The zero-order valence-corrected chi connectivity index (χ0v) is 23.2. The van der Waals surface area contributed by atoms with Gasteiger partial charge < -0.3 is 9.47 Å². The van der Waals surface area contributed by atoms with Crippen LogP contribution in [-0.4, -0.2) is 57.2 Å². The molecule has 3 aromatic rings. The quantitative estimate of drug-likeness (QED) is 0.385. The number of benzene rings is 2. The molecule has 3 rings (SSSR count). The van der Waals surface area contributed by atoms with Crippen molar-refractivity contribution in [2.24, 2.45) is 7.05 Å². The first-order chi connectivity index (χ1) is 17.2. The Balaban J connectivity index is 2.21. The number of aryl methyl sites for hydroxylation is 4. The van der Waals surface area contributed by atoms with Gasteiger partial charge in [0.2, 0.25) is 10.2 Å². The number of rotatable bonds is 9. The maximum absolute atomic E-state index is 12.8. The number of carbonyl (C=O) groups is 2. The maximum atomic E-state index is 12.8. The van der Waals surface area contributed by atoms with E-state index >= 15 is 0 Å². The van der Waals surface area contributed by atoms with Crippen LogP contribution in [0.3, 0.4) is 0 Å². The molecule has 2 aromatic carbocycles. The van der Waals surface area contributed by atoms with Crippen LogP contribution in [0.25, 0.3) is 5.57 Å². The third-order valence-electron chi connectivity index (χ3n) is 5.66. The van der Waals surface area contributed by atoms with Gasteiger partial charge in [-0.2, -0.15) is 4.80 Å². The van der Waals surface area contributed by atoms with Gasteiger partial charge in [0.25, 0.3) is 0 Å². The van der Waals surface area contributed by atoms with Crippen molar-refractivity contribution in [3.63, 3.8) is 0 Å². The molecule has 8 nitrogen and oxygen atoms in total. The number of methoxy groups -OCH3 is 2. The minimum atomic E-state index is -0.0796. The van der Waals surface area contributed by atoms with Crippen LogP contribution >= 0.6 is 23.5 Å². The van der Waals surface area contributed by atoms with Crippen molar-refractivity contribution < 1.29 is 19.1 Å². The monoisotopic (exact) mass is 526 g/mol. The van der Waals surface area contributed by atoms with Gasteiger partial charge in [-0.1, -0.05) is 29.6 Å². The lowest BCUT2D eigenvalue weighted by Crippen LogP contribution is -2.04.